The normalized spacial score (nSPS) is 27.5. The standard InChI is InChI=1S/C13H19N5O6/c19-1-2-23-6-18-5-15-7-3-14-13(16-11(7)18)17-12-10(22)9(21)8(20)4-24-12/h3,5,8-10,12,19-22H,1-2,4,6H2,(H,14,16,17)/t8-,9+,10-,12-/m0/s1. The molecule has 4 atom stereocenters. The van der Waals surface area contributed by atoms with E-state index < -0.39 is 24.5 Å². The molecule has 0 unspecified atom stereocenters. The molecule has 132 valence electrons. The van der Waals surface area contributed by atoms with Crippen LogP contribution in [0.25, 0.3) is 11.2 Å². The molecule has 5 N–H and O–H groups in total. The Hall–Kier alpha value is -1.89. The first-order valence-electron chi connectivity index (χ1n) is 7.39. The number of rotatable bonds is 6. The zero-order valence-corrected chi connectivity index (χ0v) is 12.7. The van der Waals surface area contributed by atoms with Gasteiger partial charge in [0.25, 0.3) is 0 Å². The van der Waals surface area contributed by atoms with E-state index in [0.717, 1.165) is 0 Å². The zero-order chi connectivity index (χ0) is 17.1. The van der Waals surface area contributed by atoms with E-state index in [-0.39, 0.29) is 32.5 Å². The summed E-state index contributed by atoms with van der Waals surface area (Å²) in [5.74, 6) is 0.166. The van der Waals surface area contributed by atoms with Crippen molar-refractivity contribution in [3.63, 3.8) is 0 Å². The van der Waals surface area contributed by atoms with Gasteiger partial charge in [0.15, 0.2) is 11.9 Å². The van der Waals surface area contributed by atoms with E-state index in [0.29, 0.717) is 11.2 Å². The lowest BCUT2D eigenvalue weighted by Gasteiger charge is -2.35. The molecule has 1 aliphatic rings. The highest BCUT2D eigenvalue weighted by Crippen LogP contribution is 2.18. The summed E-state index contributed by atoms with van der Waals surface area (Å²) in [7, 11) is 0. The highest BCUT2D eigenvalue weighted by atomic mass is 16.5. The predicted molar refractivity (Wildman–Crippen MR) is 79.7 cm³/mol. The van der Waals surface area contributed by atoms with E-state index in [4.69, 9.17) is 14.6 Å². The van der Waals surface area contributed by atoms with Crippen molar-refractivity contribution in [2.45, 2.75) is 31.3 Å². The number of hydrogen-bond donors (Lipinski definition) is 5. The third-order valence-corrected chi connectivity index (χ3v) is 3.60. The van der Waals surface area contributed by atoms with Gasteiger partial charge in [-0.15, -0.1) is 0 Å². The molecule has 0 radical (unpaired) electrons. The van der Waals surface area contributed by atoms with Gasteiger partial charge in [-0.25, -0.2) is 9.97 Å². The van der Waals surface area contributed by atoms with Crippen molar-refractivity contribution in [3.05, 3.63) is 12.5 Å². The number of aliphatic hydroxyl groups excluding tert-OH is 4. The molecule has 3 heterocycles. The first kappa shape index (κ1) is 17.0. The average molecular weight is 341 g/mol. The van der Waals surface area contributed by atoms with Crippen LogP contribution in [-0.2, 0) is 16.2 Å². The third-order valence-electron chi connectivity index (χ3n) is 3.60. The van der Waals surface area contributed by atoms with Crippen molar-refractivity contribution in [3.8, 4) is 0 Å². The van der Waals surface area contributed by atoms with Crippen LogP contribution in [-0.4, -0.2) is 84.3 Å². The monoisotopic (exact) mass is 341 g/mol. The van der Waals surface area contributed by atoms with Gasteiger partial charge in [0, 0.05) is 0 Å². The van der Waals surface area contributed by atoms with E-state index in [2.05, 4.69) is 20.3 Å². The Morgan fingerprint density at radius 3 is 2.92 bits per heavy atom. The molecule has 0 bridgehead atoms. The molecule has 0 aliphatic carbocycles. The van der Waals surface area contributed by atoms with Gasteiger partial charge >= 0.3 is 0 Å². The third kappa shape index (κ3) is 3.45. The first-order valence-corrected chi connectivity index (χ1v) is 7.39. The second-order valence-corrected chi connectivity index (χ2v) is 5.32. The summed E-state index contributed by atoms with van der Waals surface area (Å²) in [6.07, 6.45) is -1.72. The maximum absolute atomic E-state index is 9.93. The van der Waals surface area contributed by atoms with Crippen LogP contribution >= 0.6 is 0 Å². The van der Waals surface area contributed by atoms with Gasteiger partial charge in [0.2, 0.25) is 5.95 Å². The number of nitrogens with zero attached hydrogens (tertiary/aromatic N) is 4. The molecular weight excluding hydrogens is 322 g/mol. The minimum atomic E-state index is -1.33. The summed E-state index contributed by atoms with van der Waals surface area (Å²) in [5, 5.41) is 40.6. The predicted octanol–water partition coefficient (Wildman–Crippen LogP) is -2.36. The Morgan fingerprint density at radius 2 is 2.12 bits per heavy atom. The number of aromatic nitrogens is 4. The summed E-state index contributed by atoms with van der Waals surface area (Å²) in [5.41, 5.74) is 1.05. The minimum Gasteiger partial charge on any atom is -0.394 e. The van der Waals surface area contributed by atoms with Gasteiger partial charge in [-0.3, -0.25) is 4.57 Å². The molecule has 2 aromatic heterocycles. The van der Waals surface area contributed by atoms with Gasteiger partial charge in [0.05, 0.1) is 32.3 Å². The number of ether oxygens (including phenoxy) is 2. The van der Waals surface area contributed by atoms with Gasteiger partial charge in [-0.1, -0.05) is 0 Å². The highest BCUT2D eigenvalue weighted by Gasteiger charge is 2.37. The van der Waals surface area contributed by atoms with Gasteiger partial charge in [0.1, 0.15) is 30.6 Å². The molecular formula is C13H19N5O6. The van der Waals surface area contributed by atoms with Gasteiger partial charge < -0.3 is 35.2 Å². The number of anilines is 1. The van der Waals surface area contributed by atoms with E-state index in [1.54, 1.807) is 4.57 Å². The van der Waals surface area contributed by atoms with E-state index in [1.165, 1.54) is 12.5 Å². The molecule has 11 heteroatoms. The van der Waals surface area contributed by atoms with Gasteiger partial charge in [-0.05, 0) is 0 Å². The second-order valence-electron chi connectivity index (χ2n) is 5.32. The van der Waals surface area contributed by atoms with Crippen LogP contribution in [0, 0.1) is 0 Å². The summed E-state index contributed by atoms with van der Waals surface area (Å²) >= 11 is 0. The molecule has 1 aliphatic heterocycles. The number of fused-ring (bicyclic) bond motifs is 1. The molecule has 0 aromatic carbocycles. The van der Waals surface area contributed by atoms with Crippen LogP contribution in [0.15, 0.2) is 12.5 Å². The van der Waals surface area contributed by atoms with Crippen LogP contribution in [0.4, 0.5) is 5.95 Å². The Labute approximate surface area is 136 Å². The fourth-order valence-electron chi connectivity index (χ4n) is 2.31. The number of hydrogen-bond acceptors (Lipinski definition) is 10. The Kier molecular flexibility index (Phi) is 5.18. The lowest BCUT2D eigenvalue weighted by molar-refractivity contribution is -0.178. The van der Waals surface area contributed by atoms with Crippen LogP contribution in [0.2, 0.25) is 0 Å². The molecule has 11 nitrogen and oxygen atoms in total. The SMILES string of the molecule is OCCOCn1cnc2cnc(N[C@H]3OC[C@H](O)[C@@H](O)[C@@H]3O)nc21. The average Bonchev–Trinajstić information content (AvgIpc) is 2.98. The maximum atomic E-state index is 9.93. The fourth-order valence-corrected chi connectivity index (χ4v) is 2.31. The summed E-state index contributed by atoms with van der Waals surface area (Å²) in [4.78, 5) is 12.5. The number of nitrogens with one attached hydrogen (secondary N) is 1. The van der Waals surface area contributed by atoms with Crippen molar-refractivity contribution in [1.82, 2.24) is 19.5 Å². The largest absolute Gasteiger partial charge is 0.394 e. The van der Waals surface area contributed by atoms with Crippen molar-refractivity contribution < 1.29 is 29.9 Å². The fraction of sp³-hybridized carbons (Fsp3) is 0.615. The van der Waals surface area contributed by atoms with Crippen molar-refractivity contribution >= 4 is 17.1 Å². The Balaban J connectivity index is 1.74. The topological polar surface area (TPSA) is 155 Å². The molecule has 24 heavy (non-hydrogen) atoms. The van der Waals surface area contributed by atoms with Crippen LogP contribution in [0.1, 0.15) is 0 Å². The molecule has 2 aromatic rings. The second kappa shape index (κ2) is 7.34. The van der Waals surface area contributed by atoms with E-state index >= 15 is 0 Å². The molecule has 0 saturated carbocycles. The molecule has 1 fully saturated rings. The first-order chi connectivity index (χ1) is 11.6. The van der Waals surface area contributed by atoms with Crippen molar-refractivity contribution in [2.24, 2.45) is 0 Å². The summed E-state index contributed by atoms with van der Waals surface area (Å²) in [6.45, 7) is 0.156. The molecule has 0 amide bonds. The Morgan fingerprint density at radius 1 is 1.29 bits per heavy atom. The zero-order valence-electron chi connectivity index (χ0n) is 12.7. The maximum Gasteiger partial charge on any atom is 0.226 e. The molecule has 1 saturated heterocycles. The lowest BCUT2D eigenvalue weighted by atomic mass is 10.0. The van der Waals surface area contributed by atoms with Crippen molar-refractivity contribution in [2.75, 3.05) is 25.1 Å². The number of aliphatic hydroxyl groups is 4. The van der Waals surface area contributed by atoms with Crippen LogP contribution in [0.5, 0.6) is 0 Å². The van der Waals surface area contributed by atoms with Gasteiger partial charge in [-0.2, -0.15) is 4.98 Å². The van der Waals surface area contributed by atoms with Crippen LogP contribution in [0.3, 0.4) is 0 Å². The lowest BCUT2D eigenvalue weighted by Crippen LogP contribution is -2.55. The smallest absolute Gasteiger partial charge is 0.226 e. The quantitative estimate of drug-likeness (QED) is 0.360. The number of imidazole rings is 1. The summed E-state index contributed by atoms with van der Waals surface area (Å²) < 4.78 is 12.1. The van der Waals surface area contributed by atoms with Crippen molar-refractivity contribution in [1.29, 1.82) is 0 Å². The van der Waals surface area contributed by atoms with Crippen LogP contribution < -0.4 is 5.32 Å². The molecule has 0 spiro atoms. The van der Waals surface area contributed by atoms with E-state index in [1.807, 2.05) is 0 Å². The highest BCUT2D eigenvalue weighted by molar-refractivity contribution is 5.70. The Bertz CT molecular complexity index is 682. The molecule has 3 rings (SSSR count). The minimum absolute atomic E-state index is 0.0838. The van der Waals surface area contributed by atoms with E-state index in [9.17, 15) is 15.3 Å². The summed E-state index contributed by atoms with van der Waals surface area (Å²) in [6, 6.07) is 0.